The third-order valence-electron chi connectivity index (χ3n) is 2.79. The van der Waals surface area contributed by atoms with E-state index in [0.29, 0.717) is 6.07 Å². The van der Waals surface area contributed by atoms with Crippen LogP contribution in [0.3, 0.4) is 0 Å². The zero-order chi connectivity index (χ0) is 14.4. The first-order valence-electron chi connectivity index (χ1n) is 5.30. The molecule has 1 aromatic heterocycles. The van der Waals surface area contributed by atoms with Crippen molar-refractivity contribution < 1.29 is 22.0 Å². The molecule has 19 heavy (non-hydrogen) atoms. The summed E-state index contributed by atoms with van der Waals surface area (Å²) in [5, 5.41) is 2.67. The molecule has 0 saturated heterocycles. The highest BCUT2D eigenvalue weighted by atomic mass is 19.4. The number of hydrogen-bond acceptors (Lipinski definition) is 2. The van der Waals surface area contributed by atoms with E-state index < -0.39 is 23.5 Å². The molecule has 2 aromatic rings. The first-order valence-corrected chi connectivity index (χ1v) is 5.30. The lowest BCUT2D eigenvalue weighted by molar-refractivity contribution is -0.141. The van der Waals surface area contributed by atoms with E-state index in [1.165, 1.54) is 14.0 Å². The summed E-state index contributed by atoms with van der Waals surface area (Å²) < 4.78 is 64.7. The average molecular weight is 276 g/mol. The topological polar surface area (TPSA) is 24.9 Å². The van der Waals surface area contributed by atoms with Gasteiger partial charge in [-0.3, -0.25) is 0 Å². The molecule has 0 aliphatic carbocycles. The number of rotatable bonds is 1. The Morgan fingerprint density at radius 3 is 2.21 bits per heavy atom. The minimum Gasteiger partial charge on any atom is -0.387 e. The Balaban J connectivity index is 2.91. The lowest BCUT2D eigenvalue weighted by Crippen LogP contribution is -2.13. The van der Waals surface area contributed by atoms with Crippen LogP contribution in [0.1, 0.15) is 11.3 Å². The van der Waals surface area contributed by atoms with Gasteiger partial charge in [0.1, 0.15) is 5.69 Å². The first kappa shape index (κ1) is 13.5. The molecular formula is C12H9F5N2. The van der Waals surface area contributed by atoms with Gasteiger partial charge in [0.15, 0.2) is 11.6 Å². The van der Waals surface area contributed by atoms with Gasteiger partial charge < -0.3 is 5.32 Å². The van der Waals surface area contributed by atoms with Gasteiger partial charge in [0.25, 0.3) is 0 Å². The van der Waals surface area contributed by atoms with Crippen molar-refractivity contribution in [1.29, 1.82) is 0 Å². The molecule has 2 rings (SSSR count). The van der Waals surface area contributed by atoms with Gasteiger partial charge in [-0.1, -0.05) is 0 Å². The quantitative estimate of drug-likeness (QED) is 0.799. The molecule has 0 fully saturated rings. The highest BCUT2D eigenvalue weighted by Gasteiger charge is 2.36. The van der Waals surface area contributed by atoms with Crippen molar-refractivity contribution in [2.24, 2.45) is 0 Å². The molecule has 0 bridgehead atoms. The third kappa shape index (κ3) is 2.20. The number of nitrogens with one attached hydrogen (secondary N) is 1. The first-order chi connectivity index (χ1) is 8.75. The Kier molecular flexibility index (Phi) is 3.07. The van der Waals surface area contributed by atoms with Crippen molar-refractivity contribution in [2.75, 3.05) is 12.4 Å². The number of pyridine rings is 1. The van der Waals surface area contributed by atoms with Gasteiger partial charge in [0.2, 0.25) is 0 Å². The van der Waals surface area contributed by atoms with Crippen LogP contribution >= 0.6 is 0 Å². The zero-order valence-electron chi connectivity index (χ0n) is 9.99. The SMILES string of the molecule is CNc1c(C)c(C(F)(F)F)nc2cc(F)c(F)cc12. The van der Waals surface area contributed by atoms with E-state index in [2.05, 4.69) is 10.3 Å². The number of fused-ring (bicyclic) bond motifs is 1. The minimum absolute atomic E-state index is 0.0798. The maximum Gasteiger partial charge on any atom is 0.433 e. The summed E-state index contributed by atoms with van der Waals surface area (Å²) in [5.74, 6) is -2.37. The van der Waals surface area contributed by atoms with Crippen LogP contribution in [-0.4, -0.2) is 12.0 Å². The molecule has 0 atom stereocenters. The normalized spacial score (nSPS) is 11.9. The summed E-state index contributed by atoms with van der Waals surface area (Å²) in [5.41, 5.74) is -1.44. The fourth-order valence-electron chi connectivity index (χ4n) is 1.95. The molecule has 102 valence electrons. The lowest BCUT2D eigenvalue weighted by atomic mass is 10.1. The fraction of sp³-hybridized carbons (Fsp3) is 0.250. The summed E-state index contributed by atoms with van der Waals surface area (Å²) in [6, 6.07) is 1.48. The maximum absolute atomic E-state index is 13.2. The molecule has 7 heteroatoms. The van der Waals surface area contributed by atoms with Crippen LogP contribution in [0.15, 0.2) is 12.1 Å². The van der Waals surface area contributed by atoms with Gasteiger partial charge in [0.05, 0.1) is 5.52 Å². The Labute approximate surface area is 105 Å². The zero-order valence-corrected chi connectivity index (χ0v) is 9.99. The van der Waals surface area contributed by atoms with Crippen LogP contribution in [0.5, 0.6) is 0 Å². The van der Waals surface area contributed by atoms with Crippen LogP contribution in [0, 0.1) is 18.6 Å². The Morgan fingerprint density at radius 2 is 1.68 bits per heavy atom. The lowest BCUT2D eigenvalue weighted by Gasteiger charge is -2.16. The number of halogens is 5. The third-order valence-corrected chi connectivity index (χ3v) is 2.79. The summed E-state index contributed by atoms with van der Waals surface area (Å²) in [6.45, 7) is 1.22. The van der Waals surface area contributed by atoms with Gasteiger partial charge in [-0.2, -0.15) is 13.2 Å². The fourth-order valence-corrected chi connectivity index (χ4v) is 1.95. The van der Waals surface area contributed by atoms with Gasteiger partial charge in [0, 0.05) is 29.8 Å². The monoisotopic (exact) mass is 276 g/mol. The van der Waals surface area contributed by atoms with Crippen LogP contribution in [-0.2, 0) is 6.18 Å². The van der Waals surface area contributed by atoms with E-state index in [1.807, 2.05) is 0 Å². The summed E-state index contributed by atoms with van der Waals surface area (Å²) >= 11 is 0. The van der Waals surface area contributed by atoms with Gasteiger partial charge in [-0.15, -0.1) is 0 Å². The molecule has 1 heterocycles. The number of benzene rings is 1. The minimum atomic E-state index is -4.66. The molecule has 0 aliphatic heterocycles. The molecule has 1 aromatic carbocycles. The molecule has 0 aliphatic rings. The van der Waals surface area contributed by atoms with Gasteiger partial charge in [-0.25, -0.2) is 13.8 Å². The van der Waals surface area contributed by atoms with Crippen LogP contribution in [0.25, 0.3) is 10.9 Å². The summed E-state index contributed by atoms with van der Waals surface area (Å²) in [4.78, 5) is 3.38. The maximum atomic E-state index is 13.2. The van der Waals surface area contributed by atoms with Crippen molar-refractivity contribution in [2.45, 2.75) is 13.1 Å². The van der Waals surface area contributed by atoms with Crippen molar-refractivity contribution in [3.8, 4) is 0 Å². The van der Waals surface area contributed by atoms with Crippen molar-refractivity contribution in [1.82, 2.24) is 4.98 Å². The number of aromatic nitrogens is 1. The van der Waals surface area contributed by atoms with Crippen LogP contribution in [0.2, 0.25) is 0 Å². The second-order valence-electron chi connectivity index (χ2n) is 3.99. The standard InChI is InChI=1S/C12H9F5N2/c1-5-10(18-2)6-3-7(13)8(14)4-9(6)19-11(5)12(15,16)17/h3-4H,1-2H3,(H,18,19). The van der Waals surface area contributed by atoms with Crippen molar-refractivity contribution >= 4 is 16.6 Å². The van der Waals surface area contributed by atoms with E-state index in [9.17, 15) is 22.0 Å². The van der Waals surface area contributed by atoms with E-state index in [-0.39, 0.29) is 22.2 Å². The Morgan fingerprint density at radius 1 is 1.11 bits per heavy atom. The largest absolute Gasteiger partial charge is 0.433 e. The van der Waals surface area contributed by atoms with E-state index in [1.54, 1.807) is 0 Å². The molecule has 0 radical (unpaired) electrons. The molecule has 0 unspecified atom stereocenters. The molecule has 0 amide bonds. The van der Waals surface area contributed by atoms with E-state index >= 15 is 0 Å². The molecule has 1 N–H and O–H groups in total. The number of hydrogen-bond donors (Lipinski definition) is 1. The molecular weight excluding hydrogens is 267 g/mol. The predicted molar refractivity (Wildman–Crippen MR) is 60.9 cm³/mol. The highest BCUT2D eigenvalue weighted by molar-refractivity contribution is 5.93. The van der Waals surface area contributed by atoms with E-state index in [4.69, 9.17) is 0 Å². The number of nitrogens with zero attached hydrogens (tertiary/aromatic N) is 1. The highest BCUT2D eigenvalue weighted by Crippen LogP contribution is 2.37. The van der Waals surface area contributed by atoms with Crippen molar-refractivity contribution in [3.63, 3.8) is 0 Å². The van der Waals surface area contributed by atoms with Crippen LogP contribution < -0.4 is 5.32 Å². The van der Waals surface area contributed by atoms with Gasteiger partial charge in [-0.05, 0) is 13.0 Å². The number of alkyl halides is 3. The Hall–Kier alpha value is -1.92. The molecule has 2 nitrogen and oxygen atoms in total. The molecule has 0 spiro atoms. The summed E-state index contributed by atoms with van der Waals surface area (Å²) in [7, 11) is 1.41. The van der Waals surface area contributed by atoms with Crippen LogP contribution in [0.4, 0.5) is 27.6 Å². The Bertz CT molecular complexity index is 649. The summed E-state index contributed by atoms with van der Waals surface area (Å²) in [6.07, 6.45) is -4.66. The van der Waals surface area contributed by atoms with Gasteiger partial charge >= 0.3 is 6.18 Å². The molecule has 0 saturated carbocycles. The number of anilines is 1. The van der Waals surface area contributed by atoms with E-state index in [0.717, 1.165) is 6.07 Å². The second kappa shape index (κ2) is 4.32. The second-order valence-corrected chi connectivity index (χ2v) is 3.99. The smallest absolute Gasteiger partial charge is 0.387 e. The predicted octanol–water partition coefficient (Wildman–Crippen LogP) is 3.88. The average Bonchev–Trinajstić information content (AvgIpc) is 2.29. The van der Waals surface area contributed by atoms with Crippen molar-refractivity contribution in [3.05, 3.63) is 35.0 Å².